The number of aryl methyl sites for hydroxylation is 2. The van der Waals surface area contributed by atoms with Crippen LogP contribution in [0.25, 0.3) is 11.1 Å². The molecule has 47 heavy (non-hydrogen) atoms. The third-order valence-electron chi connectivity index (χ3n) is 8.05. The molecule has 2 atom stereocenters. The van der Waals surface area contributed by atoms with E-state index in [1.165, 1.54) is 0 Å². The van der Waals surface area contributed by atoms with Crippen LogP contribution in [0.15, 0.2) is 98.1 Å². The maximum Gasteiger partial charge on any atom is 0.335 e. The molecule has 0 aromatic heterocycles. The van der Waals surface area contributed by atoms with Crippen molar-refractivity contribution < 1.29 is 38.7 Å². The van der Waals surface area contributed by atoms with E-state index >= 15 is 0 Å². The van der Waals surface area contributed by atoms with Crippen LogP contribution in [-0.4, -0.2) is 47.6 Å². The van der Waals surface area contributed by atoms with Crippen molar-refractivity contribution in [3.8, 4) is 34.1 Å². The van der Waals surface area contributed by atoms with Gasteiger partial charge in [0.25, 0.3) is 0 Å². The molecule has 0 fully saturated rings. The van der Waals surface area contributed by atoms with E-state index < -0.39 is 29.6 Å². The van der Waals surface area contributed by atoms with Crippen LogP contribution >= 0.6 is 0 Å². The highest BCUT2D eigenvalue weighted by Gasteiger charge is 2.50. The van der Waals surface area contributed by atoms with Gasteiger partial charge in [-0.25, -0.2) is 9.59 Å². The molecule has 0 spiro atoms. The second kappa shape index (κ2) is 13.7. The fourth-order valence-corrected chi connectivity index (χ4v) is 6.11. The minimum atomic E-state index is -1.21. The summed E-state index contributed by atoms with van der Waals surface area (Å²) in [6, 6.07) is 23.4. The van der Waals surface area contributed by atoms with Crippen LogP contribution in [0.2, 0.25) is 0 Å². The molecule has 242 valence electrons. The van der Waals surface area contributed by atoms with Crippen LogP contribution in [0.4, 0.5) is 0 Å². The molecule has 0 saturated heterocycles. The first kappa shape index (κ1) is 33.2. The molecular weight excluding hydrogens is 596 g/mol. The van der Waals surface area contributed by atoms with E-state index in [-0.39, 0.29) is 36.2 Å². The van der Waals surface area contributed by atoms with Crippen LogP contribution in [0.5, 0.6) is 23.0 Å². The molecule has 0 bridgehead atoms. The Morgan fingerprint density at radius 1 is 0.638 bits per heavy atom. The summed E-state index contributed by atoms with van der Waals surface area (Å²) in [5, 5.41) is 20.7. The van der Waals surface area contributed by atoms with E-state index in [4.69, 9.17) is 18.9 Å². The number of hydrogen-bond donors (Lipinski definition) is 2. The molecule has 5 rings (SSSR count). The smallest absolute Gasteiger partial charge is 0.335 e. The Labute approximate surface area is 274 Å². The molecule has 1 aliphatic carbocycles. The number of carbonyl (C=O) groups is 2. The topological polar surface area (TPSA) is 112 Å². The number of carbonyl (C=O) groups excluding carboxylic acids is 2. The summed E-state index contributed by atoms with van der Waals surface area (Å²) in [5.74, 6) is -0.539. The van der Waals surface area contributed by atoms with Crippen molar-refractivity contribution in [2.75, 3.05) is 13.2 Å². The van der Waals surface area contributed by atoms with E-state index in [1.807, 2.05) is 72.8 Å². The molecule has 0 saturated carbocycles. The third kappa shape index (κ3) is 6.05. The molecule has 8 heteroatoms. The van der Waals surface area contributed by atoms with E-state index in [1.54, 1.807) is 27.7 Å². The molecule has 4 aromatic carbocycles. The fraction of sp³-hybridized carbons (Fsp3) is 0.231. The average molecular weight is 635 g/mol. The summed E-state index contributed by atoms with van der Waals surface area (Å²) >= 11 is 0. The summed E-state index contributed by atoms with van der Waals surface area (Å²) < 4.78 is 24.4. The Kier molecular flexibility index (Phi) is 9.65. The number of hydrogen-bond acceptors (Lipinski definition) is 8. The highest BCUT2D eigenvalue weighted by Crippen LogP contribution is 2.61. The van der Waals surface area contributed by atoms with Crippen molar-refractivity contribution in [2.45, 2.75) is 45.3 Å². The van der Waals surface area contributed by atoms with Crippen molar-refractivity contribution in [3.05, 3.63) is 131 Å². The first-order chi connectivity index (χ1) is 22.5. The van der Waals surface area contributed by atoms with Crippen LogP contribution in [0.3, 0.4) is 0 Å². The first-order valence-electron chi connectivity index (χ1n) is 15.3. The van der Waals surface area contributed by atoms with Crippen LogP contribution < -0.4 is 18.9 Å². The molecular formula is C39H38O8. The van der Waals surface area contributed by atoms with Gasteiger partial charge in [-0.1, -0.05) is 86.0 Å². The van der Waals surface area contributed by atoms with Crippen molar-refractivity contribution in [3.63, 3.8) is 0 Å². The zero-order valence-electron chi connectivity index (χ0n) is 26.9. The first-order valence-corrected chi connectivity index (χ1v) is 15.3. The lowest BCUT2D eigenvalue weighted by Gasteiger charge is -2.37. The molecule has 8 nitrogen and oxygen atoms in total. The molecule has 0 amide bonds. The number of aliphatic hydroxyl groups excluding tert-OH is 2. The number of ether oxygens (including phenoxy) is 4. The minimum absolute atomic E-state index is 0.101. The third-order valence-corrected chi connectivity index (χ3v) is 8.05. The molecule has 0 heterocycles. The van der Waals surface area contributed by atoms with Crippen LogP contribution in [0, 0.1) is 13.8 Å². The number of rotatable bonds is 12. The standard InChI is InChI=1S/C39H38O8/c1-7-33(42)46-35-23(3)17-19-31(37(35)44-21-25(5)40)39(29-15-11-9-13-27(29)28-14-10-12-16-30(28)39)32-20-18-24(4)36(47-34(43)8-2)38(32)45-22-26(6)41/h7-20,25-26,40-41H,1-2,21-22H2,3-6H3. The summed E-state index contributed by atoms with van der Waals surface area (Å²) in [6.07, 6.45) is 0.449. The molecule has 1 aliphatic rings. The van der Waals surface area contributed by atoms with Crippen LogP contribution in [0.1, 0.15) is 47.2 Å². The van der Waals surface area contributed by atoms with Gasteiger partial charge < -0.3 is 29.2 Å². The van der Waals surface area contributed by atoms with Crippen molar-refractivity contribution in [2.24, 2.45) is 0 Å². The number of benzene rings is 4. The lowest BCUT2D eigenvalue weighted by Crippen LogP contribution is -2.31. The van der Waals surface area contributed by atoms with E-state index in [2.05, 4.69) is 13.2 Å². The molecule has 2 unspecified atom stereocenters. The number of esters is 2. The van der Waals surface area contributed by atoms with E-state index in [0.717, 1.165) is 34.4 Å². The van der Waals surface area contributed by atoms with Gasteiger partial charge in [0.05, 0.1) is 17.6 Å². The van der Waals surface area contributed by atoms with Gasteiger partial charge in [-0.3, -0.25) is 0 Å². The highest BCUT2D eigenvalue weighted by atomic mass is 16.6. The van der Waals surface area contributed by atoms with Crippen molar-refractivity contribution in [1.29, 1.82) is 0 Å². The second-order valence-corrected chi connectivity index (χ2v) is 11.6. The highest BCUT2D eigenvalue weighted by molar-refractivity contribution is 5.90. The maximum absolute atomic E-state index is 12.7. The summed E-state index contributed by atoms with van der Waals surface area (Å²) in [4.78, 5) is 25.3. The van der Waals surface area contributed by atoms with E-state index in [0.29, 0.717) is 22.3 Å². The lowest BCUT2D eigenvalue weighted by molar-refractivity contribution is -0.130. The Morgan fingerprint density at radius 3 is 1.38 bits per heavy atom. The van der Waals surface area contributed by atoms with Gasteiger partial charge in [-0.2, -0.15) is 0 Å². The zero-order valence-corrected chi connectivity index (χ0v) is 26.9. The SMILES string of the molecule is C=CC(=O)Oc1c(C)ccc(C2(c3ccc(C)c(OC(=O)C=C)c3OCC(C)O)c3ccccc3-c3ccccc32)c1OCC(C)O. The quantitative estimate of drug-likeness (QED) is 0.0926. The Balaban J connectivity index is 2.00. The van der Waals surface area contributed by atoms with Gasteiger partial charge >= 0.3 is 11.9 Å². The molecule has 0 radical (unpaired) electrons. The summed E-state index contributed by atoms with van der Waals surface area (Å²) in [5.41, 5.74) is 4.81. The molecule has 4 aromatic rings. The second-order valence-electron chi connectivity index (χ2n) is 11.6. The van der Waals surface area contributed by atoms with Crippen molar-refractivity contribution in [1.82, 2.24) is 0 Å². The zero-order chi connectivity index (χ0) is 33.9. The molecule has 2 N–H and O–H groups in total. The molecule has 0 aliphatic heterocycles. The Hall–Kier alpha value is -5.18. The van der Waals surface area contributed by atoms with Gasteiger partial charge in [0.2, 0.25) is 0 Å². The maximum atomic E-state index is 12.7. The van der Waals surface area contributed by atoms with Gasteiger partial charge in [0, 0.05) is 23.3 Å². The van der Waals surface area contributed by atoms with Crippen LogP contribution in [-0.2, 0) is 15.0 Å². The summed E-state index contributed by atoms with van der Waals surface area (Å²) in [7, 11) is 0. The predicted octanol–water partition coefficient (Wildman–Crippen LogP) is 6.37. The fourth-order valence-electron chi connectivity index (χ4n) is 6.11. The normalized spacial score (nSPS) is 13.8. The Bertz CT molecular complexity index is 1720. The van der Waals surface area contributed by atoms with Gasteiger partial charge in [0.1, 0.15) is 13.2 Å². The average Bonchev–Trinajstić information content (AvgIpc) is 3.35. The van der Waals surface area contributed by atoms with Gasteiger partial charge in [0.15, 0.2) is 23.0 Å². The number of aliphatic hydroxyl groups is 2. The Morgan fingerprint density at radius 2 is 1.02 bits per heavy atom. The van der Waals surface area contributed by atoms with Gasteiger partial charge in [-0.15, -0.1) is 0 Å². The van der Waals surface area contributed by atoms with Crippen molar-refractivity contribution >= 4 is 11.9 Å². The van der Waals surface area contributed by atoms with Gasteiger partial charge in [-0.05, 0) is 61.1 Å². The predicted molar refractivity (Wildman–Crippen MR) is 179 cm³/mol. The van der Waals surface area contributed by atoms with E-state index in [9.17, 15) is 19.8 Å². The lowest BCUT2D eigenvalue weighted by atomic mass is 9.66. The summed E-state index contributed by atoms with van der Waals surface area (Å²) in [6.45, 7) is 13.7. The number of fused-ring (bicyclic) bond motifs is 3. The minimum Gasteiger partial charge on any atom is -0.487 e. The monoisotopic (exact) mass is 634 g/mol. The largest absolute Gasteiger partial charge is 0.487 e.